The second-order valence-corrected chi connectivity index (χ2v) is 5.91. The van der Waals surface area contributed by atoms with Gasteiger partial charge in [0.25, 0.3) is 0 Å². The zero-order chi connectivity index (χ0) is 14.9. The highest BCUT2D eigenvalue weighted by molar-refractivity contribution is 8.14. The number of amidine groups is 1. The van der Waals surface area contributed by atoms with Crippen molar-refractivity contribution in [2.75, 3.05) is 18.2 Å². The zero-order valence-electron chi connectivity index (χ0n) is 12.2. The summed E-state index contributed by atoms with van der Waals surface area (Å²) in [6.45, 7) is 3.90. The molecular weight excluding hydrogens is 298 g/mol. The van der Waals surface area contributed by atoms with Gasteiger partial charge in [-0.2, -0.15) is 0 Å². The molecule has 0 saturated heterocycles. The minimum absolute atomic E-state index is 0.290. The van der Waals surface area contributed by atoms with Crippen LogP contribution in [0.1, 0.15) is 12.5 Å². The molecule has 0 N–H and O–H groups in total. The Labute approximate surface area is 133 Å². The monoisotopic (exact) mass is 313 g/mol. The van der Waals surface area contributed by atoms with E-state index in [-0.39, 0.29) is 6.79 Å². The van der Waals surface area contributed by atoms with Crippen LogP contribution in [0.25, 0.3) is 0 Å². The Kier molecular flexibility index (Phi) is 3.38. The van der Waals surface area contributed by atoms with Gasteiger partial charge in [0.15, 0.2) is 16.7 Å². The summed E-state index contributed by atoms with van der Waals surface area (Å²) in [5.41, 5.74) is 2.23. The molecule has 4 rings (SSSR count). The molecule has 1 aromatic heterocycles. The topological polar surface area (TPSA) is 47.0 Å². The predicted molar refractivity (Wildman–Crippen MR) is 86.8 cm³/mol. The standard InChI is InChI=1S/C16H15N3O2S/c1-2-19(12-5-6-13-14(8-12)21-10-20-13)16-18-9-11-4-3-7-17-15(11)22-16/h3-8H,2,9-10H2,1H3. The van der Waals surface area contributed by atoms with Crippen LogP contribution < -0.4 is 14.4 Å². The Balaban J connectivity index is 1.64. The molecular formula is C16H15N3O2S. The first-order chi connectivity index (χ1) is 10.8. The van der Waals surface area contributed by atoms with Gasteiger partial charge in [-0.15, -0.1) is 0 Å². The summed E-state index contributed by atoms with van der Waals surface area (Å²) < 4.78 is 10.8. The van der Waals surface area contributed by atoms with E-state index in [1.807, 2.05) is 30.5 Å². The maximum Gasteiger partial charge on any atom is 0.231 e. The van der Waals surface area contributed by atoms with Gasteiger partial charge < -0.3 is 14.4 Å². The predicted octanol–water partition coefficient (Wildman–Crippen LogP) is 3.30. The summed E-state index contributed by atoms with van der Waals surface area (Å²) >= 11 is 1.61. The van der Waals surface area contributed by atoms with E-state index in [9.17, 15) is 0 Å². The van der Waals surface area contributed by atoms with Crippen molar-refractivity contribution in [3.8, 4) is 11.5 Å². The summed E-state index contributed by atoms with van der Waals surface area (Å²) in [5.74, 6) is 1.58. The highest BCUT2D eigenvalue weighted by Gasteiger charge is 2.22. The summed E-state index contributed by atoms with van der Waals surface area (Å²) in [4.78, 5) is 11.3. The summed E-state index contributed by atoms with van der Waals surface area (Å²) in [7, 11) is 0. The quantitative estimate of drug-likeness (QED) is 0.851. The molecule has 22 heavy (non-hydrogen) atoms. The Morgan fingerprint density at radius 1 is 1.23 bits per heavy atom. The molecule has 112 valence electrons. The molecule has 2 aliphatic rings. The van der Waals surface area contributed by atoms with Crippen LogP contribution in [0.5, 0.6) is 11.5 Å². The number of aliphatic imine (C=N–C) groups is 1. The van der Waals surface area contributed by atoms with Crippen LogP contribution in [0.4, 0.5) is 5.69 Å². The van der Waals surface area contributed by atoms with Crippen molar-refractivity contribution in [2.45, 2.75) is 18.5 Å². The Hall–Kier alpha value is -2.21. The smallest absolute Gasteiger partial charge is 0.231 e. The van der Waals surface area contributed by atoms with Crippen molar-refractivity contribution in [3.05, 3.63) is 42.1 Å². The van der Waals surface area contributed by atoms with Crippen molar-refractivity contribution < 1.29 is 9.47 Å². The number of aromatic nitrogens is 1. The number of fused-ring (bicyclic) bond motifs is 2. The number of rotatable bonds is 2. The van der Waals surface area contributed by atoms with Gasteiger partial charge in [0.05, 0.1) is 6.54 Å². The fourth-order valence-electron chi connectivity index (χ4n) is 2.53. The second kappa shape index (κ2) is 5.53. The Morgan fingerprint density at radius 3 is 3.05 bits per heavy atom. The summed E-state index contributed by atoms with van der Waals surface area (Å²) in [6, 6.07) is 10.0. The molecule has 1 aromatic carbocycles. The van der Waals surface area contributed by atoms with Gasteiger partial charge >= 0.3 is 0 Å². The third kappa shape index (κ3) is 2.29. The van der Waals surface area contributed by atoms with Crippen LogP contribution in [-0.2, 0) is 6.54 Å². The average Bonchev–Trinajstić information content (AvgIpc) is 3.03. The van der Waals surface area contributed by atoms with Crippen LogP contribution in [-0.4, -0.2) is 23.5 Å². The third-order valence-corrected chi connectivity index (χ3v) is 4.73. The zero-order valence-corrected chi connectivity index (χ0v) is 13.0. The van der Waals surface area contributed by atoms with Gasteiger partial charge in [0, 0.05) is 30.1 Å². The number of hydrogen-bond acceptors (Lipinski definition) is 6. The molecule has 2 aromatic rings. The van der Waals surface area contributed by atoms with Gasteiger partial charge in [-0.25, -0.2) is 4.98 Å². The molecule has 0 bridgehead atoms. The summed E-state index contributed by atoms with van der Waals surface area (Å²) in [5, 5.41) is 2.00. The van der Waals surface area contributed by atoms with E-state index in [1.54, 1.807) is 11.8 Å². The number of nitrogens with zero attached hydrogens (tertiary/aromatic N) is 3. The van der Waals surface area contributed by atoms with Crippen LogP contribution in [0.15, 0.2) is 46.5 Å². The lowest BCUT2D eigenvalue weighted by molar-refractivity contribution is 0.174. The molecule has 6 heteroatoms. The molecule has 2 aliphatic heterocycles. The molecule has 5 nitrogen and oxygen atoms in total. The number of ether oxygens (including phenoxy) is 2. The van der Waals surface area contributed by atoms with E-state index < -0.39 is 0 Å². The van der Waals surface area contributed by atoms with E-state index in [0.717, 1.165) is 33.9 Å². The van der Waals surface area contributed by atoms with Crippen LogP contribution in [0, 0.1) is 0 Å². The maximum atomic E-state index is 5.47. The minimum Gasteiger partial charge on any atom is -0.454 e. The van der Waals surface area contributed by atoms with E-state index >= 15 is 0 Å². The summed E-state index contributed by atoms with van der Waals surface area (Å²) in [6.07, 6.45) is 1.83. The minimum atomic E-state index is 0.290. The highest BCUT2D eigenvalue weighted by Crippen LogP contribution is 2.37. The van der Waals surface area contributed by atoms with E-state index in [2.05, 4.69) is 22.9 Å². The number of benzene rings is 1. The first-order valence-electron chi connectivity index (χ1n) is 7.18. The Bertz CT molecular complexity index is 748. The van der Waals surface area contributed by atoms with Crippen LogP contribution in [0.2, 0.25) is 0 Å². The Morgan fingerprint density at radius 2 is 2.14 bits per heavy atom. The number of pyridine rings is 1. The molecule has 0 fully saturated rings. The second-order valence-electron chi connectivity index (χ2n) is 4.95. The van der Waals surface area contributed by atoms with Crippen molar-refractivity contribution in [1.29, 1.82) is 0 Å². The normalized spacial score (nSPS) is 15.2. The maximum absolute atomic E-state index is 5.47. The van der Waals surface area contributed by atoms with Gasteiger partial charge in [0.2, 0.25) is 6.79 Å². The van der Waals surface area contributed by atoms with Gasteiger partial charge in [-0.3, -0.25) is 4.99 Å². The molecule has 0 amide bonds. The van der Waals surface area contributed by atoms with E-state index in [4.69, 9.17) is 14.5 Å². The van der Waals surface area contributed by atoms with Gasteiger partial charge in [-0.1, -0.05) is 6.07 Å². The molecule has 0 saturated carbocycles. The lowest BCUT2D eigenvalue weighted by atomic mass is 10.2. The van der Waals surface area contributed by atoms with Crippen LogP contribution in [0.3, 0.4) is 0 Å². The van der Waals surface area contributed by atoms with Crippen molar-refractivity contribution in [2.24, 2.45) is 4.99 Å². The largest absolute Gasteiger partial charge is 0.454 e. The SMILES string of the molecule is CCN(C1=NCc2cccnc2S1)c1ccc2c(c1)OCO2. The number of thioether (sulfide) groups is 1. The number of hydrogen-bond donors (Lipinski definition) is 0. The molecule has 0 atom stereocenters. The van der Waals surface area contributed by atoms with E-state index in [0.29, 0.717) is 6.54 Å². The highest BCUT2D eigenvalue weighted by atomic mass is 32.2. The average molecular weight is 313 g/mol. The van der Waals surface area contributed by atoms with Crippen molar-refractivity contribution in [3.63, 3.8) is 0 Å². The number of anilines is 1. The first-order valence-corrected chi connectivity index (χ1v) is 8.00. The van der Waals surface area contributed by atoms with Gasteiger partial charge in [0.1, 0.15) is 5.03 Å². The molecule has 0 unspecified atom stereocenters. The molecule has 0 aliphatic carbocycles. The molecule has 3 heterocycles. The van der Waals surface area contributed by atoms with Crippen molar-refractivity contribution >= 4 is 22.6 Å². The van der Waals surface area contributed by atoms with Crippen molar-refractivity contribution in [1.82, 2.24) is 4.98 Å². The lowest BCUT2D eigenvalue weighted by Crippen LogP contribution is -2.29. The molecule has 0 radical (unpaired) electrons. The first kappa shape index (κ1) is 13.5. The van der Waals surface area contributed by atoms with Gasteiger partial charge in [-0.05, 0) is 36.9 Å². The lowest BCUT2D eigenvalue weighted by Gasteiger charge is -2.26. The molecule has 0 spiro atoms. The van der Waals surface area contributed by atoms with Crippen LogP contribution >= 0.6 is 11.8 Å². The third-order valence-electron chi connectivity index (χ3n) is 3.64. The van der Waals surface area contributed by atoms with E-state index in [1.165, 1.54) is 5.56 Å². The fraction of sp³-hybridized carbons (Fsp3) is 0.250. The fourth-order valence-corrected chi connectivity index (χ4v) is 3.55.